The lowest BCUT2D eigenvalue weighted by Gasteiger charge is -2.04. The number of hydrogen-bond donors (Lipinski definition) is 0. The molecule has 0 N–H and O–H groups in total. The van der Waals surface area contributed by atoms with E-state index in [4.69, 9.17) is 0 Å². The molecule has 0 amide bonds. The smallest absolute Gasteiger partial charge is 0.287 e. The van der Waals surface area contributed by atoms with Crippen molar-refractivity contribution in [3.8, 4) is 11.3 Å². The van der Waals surface area contributed by atoms with Gasteiger partial charge in [0.25, 0.3) is 6.33 Å². The summed E-state index contributed by atoms with van der Waals surface area (Å²) in [5.74, 6) is 0.0699. The highest BCUT2D eigenvalue weighted by atomic mass is 79.9. The lowest BCUT2D eigenvalue weighted by Crippen LogP contribution is -3.00. The Kier molecular flexibility index (Phi) is 5.68. The third-order valence-corrected chi connectivity index (χ3v) is 5.23. The molecule has 0 atom stereocenters. The summed E-state index contributed by atoms with van der Waals surface area (Å²) < 4.78 is 1.83. The van der Waals surface area contributed by atoms with Crippen molar-refractivity contribution in [2.75, 3.05) is 0 Å². The summed E-state index contributed by atoms with van der Waals surface area (Å²) in [5.41, 5.74) is 2.71. The molecule has 0 aliphatic heterocycles. The summed E-state index contributed by atoms with van der Waals surface area (Å²) >= 11 is 0. The van der Waals surface area contributed by atoms with E-state index in [1.165, 1.54) is 10.8 Å². The van der Waals surface area contributed by atoms with Gasteiger partial charge in [-0.2, -0.15) is 0 Å². The molecule has 146 valence electrons. The summed E-state index contributed by atoms with van der Waals surface area (Å²) in [6.45, 7) is 0.265. The van der Waals surface area contributed by atoms with Gasteiger partial charge in [-0.15, -0.1) is 0 Å². The molecule has 0 fully saturated rings. The maximum absolute atomic E-state index is 12.7. The Morgan fingerprint density at radius 1 is 0.767 bits per heavy atom. The zero-order valence-electron chi connectivity index (χ0n) is 16.2. The molecule has 5 aromatic rings. The van der Waals surface area contributed by atoms with Crippen molar-refractivity contribution >= 4 is 27.3 Å². The first-order valence-electron chi connectivity index (χ1n) is 9.63. The fraction of sp³-hybridized carbons (Fsp3) is 0.0385. The minimum Gasteiger partial charge on any atom is -1.00 e. The van der Waals surface area contributed by atoms with Crippen LogP contribution in [0.3, 0.4) is 0 Å². The van der Waals surface area contributed by atoms with E-state index in [-0.39, 0.29) is 29.3 Å². The van der Waals surface area contributed by atoms with Crippen molar-refractivity contribution in [2.45, 2.75) is 6.54 Å². The summed E-state index contributed by atoms with van der Waals surface area (Å²) in [6.07, 6.45) is 3.65. The van der Waals surface area contributed by atoms with Gasteiger partial charge in [0.15, 0.2) is 12.2 Å². The van der Waals surface area contributed by atoms with Gasteiger partial charge in [0, 0.05) is 17.2 Å². The number of hydrogen-bond acceptors (Lipinski definition) is 2. The largest absolute Gasteiger partial charge is 1.00 e. The molecular weight excluding hydrogens is 436 g/mol. The number of Topliss-reactive ketones (excluding diaryl/α,β-unsaturated/α-hetero) is 1. The van der Waals surface area contributed by atoms with Gasteiger partial charge < -0.3 is 17.0 Å². The van der Waals surface area contributed by atoms with Gasteiger partial charge in [-0.25, -0.2) is 4.57 Å². The number of rotatable bonds is 4. The van der Waals surface area contributed by atoms with Crippen LogP contribution in [-0.4, -0.2) is 10.8 Å². The minimum absolute atomic E-state index is 0. The number of carbonyl (C=O) groups is 1. The van der Waals surface area contributed by atoms with Gasteiger partial charge >= 0.3 is 0 Å². The Labute approximate surface area is 185 Å². The fourth-order valence-corrected chi connectivity index (χ4v) is 3.71. The second kappa shape index (κ2) is 8.56. The van der Waals surface area contributed by atoms with Crippen LogP contribution in [0.2, 0.25) is 0 Å². The summed E-state index contributed by atoms with van der Waals surface area (Å²) in [6, 6.07) is 30.4. The monoisotopic (exact) mass is 454 g/mol. The zero-order valence-corrected chi connectivity index (χ0v) is 17.8. The highest BCUT2D eigenvalue weighted by Crippen LogP contribution is 2.26. The van der Waals surface area contributed by atoms with Crippen molar-refractivity contribution in [1.29, 1.82) is 0 Å². The molecule has 30 heavy (non-hydrogen) atoms. The number of ketones is 1. The second-order valence-corrected chi connectivity index (χ2v) is 7.13. The van der Waals surface area contributed by atoms with E-state index in [1.54, 1.807) is 6.33 Å². The van der Waals surface area contributed by atoms with Gasteiger partial charge in [-0.05, 0) is 38.7 Å². The molecular formula is C26H19BrN2O. The summed E-state index contributed by atoms with van der Waals surface area (Å²) in [4.78, 5) is 17.3. The van der Waals surface area contributed by atoms with Crippen molar-refractivity contribution < 1.29 is 26.3 Å². The first-order chi connectivity index (χ1) is 14.3. The molecule has 1 aromatic heterocycles. The van der Waals surface area contributed by atoms with E-state index in [9.17, 15) is 4.79 Å². The molecule has 0 aliphatic carbocycles. The molecule has 5 rings (SSSR count). The number of carbonyl (C=O) groups excluding carboxylic acids is 1. The van der Waals surface area contributed by atoms with Gasteiger partial charge in [0.1, 0.15) is 0 Å². The Hall–Kier alpha value is -3.37. The van der Waals surface area contributed by atoms with Gasteiger partial charge in [0.05, 0.1) is 6.20 Å². The van der Waals surface area contributed by atoms with Crippen molar-refractivity contribution in [2.24, 2.45) is 0 Å². The predicted octanol–water partition coefficient (Wildman–Crippen LogP) is 2.23. The van der Waals surface area contributed by atoms with Crippen molar-refractivity contribution in [3.63, 3.8) is 0 Å². The molecule has 0 bridgehead atoms. The van der Waals surface area contributed by atoms with Crippen LogP contribution in [0.4, 0.5) is 0 Å². The maximum atomic E-state index is 12.7. The van der Waals surface area contributed by atoms with Crippen LogP contribution in [0.25, 0.3) is 32.8 Å². The van der Waals surface area contributed by atoms with Crippen LogP contribution in [0.5, 0.6) is 0 Å². The second-order valence-electron chi connectivity index (χ2n) is 7.13. The Balaban J connectivity index is 0.00000218. The van der Waals surface area contributed by atoms with Crippen LogP contribution in [-0.2, 0) is 6.54 Å². The molecule has 0 radical (unpaired) electrons. The molecule has 4 aromatic carbocycles. The van der Waals surface area contributed by atoms with E-state index in [0.29, 0.717) is 5.56 Å². The normalized spacial score (nSPS) is 10.7. The predicted molar refractivity (Wildman–Crippen MR) is 116 cm³/mol. The lowest BCUT2D eigenvalue weighted by molar-refractivity contribution is -0.686. The zero-order chi connectivity index (χ0) is 19.6. The molecule has 0 aliphatic rings. The quantitative estimate of drug-likeness (QED) is 0.308. The van der Waals surface area contributed by atoms with Crippen LogP contribution >= 0.6 is 0 Å². The Morgan fingerprint density at radius 2 is 1.50 bits per heavy atom. The Morgan fingerprint density at radius 3 is 2.30 bits per heavy atom. The van der Waals surface area contributed by atoms with Crippen molar-refractivity contribution in [1.82, 2.24) is 4.98 Å². The van der Waals surface area contributed by atoms with E-state index in [0.717, 1.165) is 22.0 Å². The van der Waals surface area contributed by atoms with Gasteiger partial charge in [0.2, 0.25) is 5.78 Å². The highest BCUT2D eigenvalue weighted by molar-refractivity contribution is 5.99. The molecule has 3 nitrogen and oxygen atoms in total. The number of aromatic nitrogens is 2. The summed E-state index contributed by atoms with van der Waals surface area (Å²) in [5, 5.41) is 4.58. The standard InChI is InChI=1S/C26H19N2O.BrH/c29-26(22-13-12-19-6-1-2-8-21(19)16-22)17-28-15-14-25(27-18-28)24-11-5-9-20-7-3-4-10-23(20)24;/h1-16,18H,17H2;1H/q+1;/p-1. The molecule has 0 saturated heterocycles. The lowest BCUT2D eigenvalue weighted by atomic mass is 10.0. The van der Waals surface area contributed by atoms with E-state index < -0.39 is 0 Å². The van der Waals surface area contributed by atoms with Gasteiger partial charge in [-0.3, -0.25) is 4.79 Å². The van der Waals surface area contributed by atoms with Gasteiger partial charge in [-0.1, -0.05) is 72.8 Å². The number of halogens is 1. The van der Waals surface area contributed by atoms with Crippen LogP contribution in [0.1, 0.15) is 10.4 Å². The first-order valence-corrected chi connectivity index (χ1v) is 9.63. The number of nitrogens with zero attached hydrogens (tertiary/aromatic N) is 2. The molecule has 4 heteroatoms. The average Bonchev–Trinajstić information content (AvgIpc) is 2.79. The van der Waals surface area contributed by atoms with E-state index in [1.807, 2.05) is 77.5 Å². The highest BCUT2D eigenvalue weighted by Gasteiger charge is 2.13. The molecule has 0 unspecified atom stereocenters. The minimum atomic E-state index is 0. The van der Waals surface area contributed by atoms with E-state index in [2.05, 4.69) is 29.2 Å². The average molecular weight is 455 g/mol. The van der Waals surface area contributed by atoms with E-state index >= 15 is 0 Å². The molecule has 1 heterocycles. The maximum Gasteiger partial charge on any atom is 0.287 e. The number of fused-ring (bicyclic) bond motifs is 2. The van der Waals surface area contributed by atoms with Crippen LogP contribution < -0.4 is 21.5 Å². The van der Waals surface area contributed by atoms with Crippen LogP contribution in [0, 0.1) is 0 Å². The van der Waals surface area contributed by atoms with Crippen LogP contribution in [0.15, 0.2) is 104 Å². The third-order valence-electron chi connectivity index (χ3n) is 5.23. The fourth-order valence-electron chi connectivity index (χ4n) is 3.71. The molecule has 0 spiro atoms. The summed E-state index contributed by atoms with van der Waals surface area (Å²) in [7, 11) is 0. The third kappa shape index (κ3) is 3.87. The topological polar surface area (TPSA) is 33.8 Å². The number of benzene rings is 4. The molecule has 0 saturated carbocycles. The first kappa shape index (κ1) is 19.9. The SMILES string of the molecule is O=C(C[n+]1ccc(-c2cccc3ccccc23)nc1)c1ccc2ccccc2c1.[Br-]. The van der Waals surface area contributed by atoms with Crippen molar-refractivity contribution in [3.05, 3.63) is 109 Å². The Bertz CT molecular complexity index is 1340.